The van der Waals surface area contributed by atoms with E-state index in [1.165, 1.54) is 0 Å². The van der Waals surface area contributed by atoms with Crippen LogP contribution < -0.4 is 40.0 Å². The molecule has 13 heteroatoms. The maximum absolute atomic E-state index is 14.7. The van der Waals surface area contributed by atoms with Gasteiger partial charge in [0.2, 0.25) is 0 Å². The SMILES string of the molecule is CC[C@@H](C(=O)[C@@H](C)[C@@H](O)[C@H](C)[C@@H]1O[C@@H]([C@@H](CC)C(=O)[O-])CC[C@@H]1C)[C@H]1O[C@]2(C=C[C@H](NC(=O)c3ccc(C(C)(C)C)cc3)[C@]3(CC[C@@](C)([C@H]4CC[C@](O)(CC)[C@H](C)O4)O3)O2)[C@H](C)C[C@@H]1C.[Na+]. The van der Waals surface area contributed by atoms with Crippen molar-refractivity contribution in [2.75, 3.05) is 0 Å². The molecule has 5 aliphatic heterocycles. The number of Topliss-reactive ketones (excluding diaryl/α,β-unsaturated/α-hetero) is 1. The molecule has 366 valence electrons. The predicted octanol–water partition coefficient (Wildman–Crippen LogP) is 4.59. The summed E-state index contributed by atoms with van der Waals surface area (Å²) in [6, 6.07) is 6.97. The first-order valence-electron chi connectivity index (χ1n) is 25.0. The van der Waals surface area contributed by atoms with Crippen LogP contribution in [-0.4, -0.2) is 93.3 Å². The number of aliphatic hydroxyl groups excluding tert-OH is 1. The molecule has 0 aromatic heterocycles. The van der Waals surface area contributed by atoms with Crippen molar-refractivity contribution in [3.05, 3.63) is 47.5 Å². The van der Waals surface area contributed by atoms with Gasteiger partial charge in [0.25, 0.3) is 5.91 Å². The summed E-state index contributed by atoms with van der Waals surface area (Å²) >= 11 is 0. The van der Waals surface area contributed by atoms with Gasteiger partial charge in [0.1, 0.15) is 11.8 Å². The molecule has 18 atom stereocenters. The van der Waals surface area contributed by atoms with Gasteiger partial charge in [-0.05, 0) is 113 Å². The summed E-state index contributed by atoms with van der Waals surface area (Å²) < 4.78 is 34.8. The summed E-state index contributed by atoms with van der Waals surface area (Å²) in [7, 11) is 0. The van der Waals surface area contributed by atoms with E-state index in [-0.39, 0.29) is 70.5 Å². The van der Waals surface area contributed by atoms with Gasteiger partial charge >= 0.3 is 29.6 Å². The van der Waals surface area contributed by atoms with E-state index in [1.807, 2.05) is 78.0 Å². The number of aliphatic hydroxyl groups is 2. The van der Waals surface area contributed by atoms with Gasteiger partial charge in [0, 0.05) is 47.5 Å². The van der Waals surface area contributed by atoms with E-state index in [9.17, 15) is 29.7 Å². The molecule has 6 rings (SSSR count). The Kier molecular flexibility index (Phi) is 17.8. The van der Waals surface area contributed by atoms with Gasteiger partial charge in [-0.3, -0.25) is 9.59 Å². The Morgan fingerprint density at radius 3 is 2.11 bits per heavy atom. The molecule has 66 heavy (non-hydrogen) atoms. The minimum absolute atomic E-state index is 0. The molecule has 3 N–H and O–H groups in total. The average molecular weight is 932 g/mol. The predicted molar refractivity (Wildman–Crippen MR) is 246 cm³/mol. The zero-order chi connectivity index (χ0) is 48.0. The van der Waals surface area contributed by atoms with Crippen LogP contribution in [0.2, 0.25) is 0 Å². The van der Waals surface area contributed by atoms with Crippen molar-refractivity contribution in [3.63, 3.8) is 0 Å². The Bertz CT molecular complexity index is 1870. The number of carboxylic acid groups (broad SMARTS) is 1. The Balaban J connectivity index is 0.00000817. The third-order valence-corrected chi connectivity index (χ3v) is 16.8. The van der Waals surface area contributed by atoms with Crippen LogP contribution in [-0.2, 0) is 38.7 Å². The minimum Gasteiger partial charge on any atom is -0.550 e. The van der Waals surface area contributed by atoms with E-state index in [0.717, 1.165) is 12.0 Å². The Hall–Kier alpha value is -1.71. The third kappa shape index (κ3) is 10.9. The third-order valence-electron chi connectivity index (χ3n) is 16.8. The number of hydrogen-bond donors (Lipinski definition) is 3. The van der Waals surface area contributed by atoms with Crippen LogP contribution in [0.1, 0.15) is 170 Å². The standard InChI is InChI=1S/C53H83NO11.Na/c1-14-38(48(58)59)40-22-17-30(4)45(62-40)34(8)43(55)33(7)44(56)39(15-2)46-31(5)29-32(6)52(63-46)26-23-41(54-47(57)36-18-20-37(21-19-36)49(10,11)12)53(65-52)28-27-50(13,64-53)42-24-25-51(60,16-3)35(9)61-42;/h18-21,23,26,30-35,38-43,45-46,55,60H,14-17,22,24-25,27-29H2,1-13H3,(H,54,57)(H,58,59);/q;+1/p-1/t30-,31-,32+,33-,34-,35-,38+,39-,40+,41-,42+,43+,45+,46-,50-,51+,52-,53-;/m0./s1. The number of amides is 1. The number of aliphatic carboxylic acids is 1. The number of nitrogens with one attached hydrogen (secondary N) is 1. The van der Waals surface area contributed by atoms with Crippen LogP contribution >= 0.6 is 0 Å². The van der Waals surface area contributed by atoms with Gasteiger partial charge in [0.15, 0.2) is 11.6 Å². The summed E-state index contributed by atoms with van der Waals surface area (Å²) in [5.74, 6) is -6.78. The van der Waals surface area contributed by atoms with Gasteiger partial charge < -0.3 is 49.1 Å². The normalized spacial score (nSPS) is 39.3. The Labute approximate surface area is 417 Å². The van der Waals surface area contributed by atoms with E-state index in [1.54, 1.807) is 6.92 Å². The van der Waals surface area contributed by atoms with Crippen LogP contribution in [0.5, 0.6) is 0 Å². The number of hydrogen-bond acceptors (Lipinski definition) is 11. The number of ether oxygens (including phenoxy) is 5. The second kappa shape index (κ2) is 21.3. The Morgan fingerprint density at radius 1 is 0.879 bits per heavy atom. The van der Waals surface area contributed by atoms with E-state index in [2.05, 4.69) is 46.9 Å². The minimum atomic E-state index is -1.36. The molecule has 4 saturated heterocycles. The molecule has 0 aliphatic carbocycles. The molecule has 1 amide bonds. The first-order chi connectivity index (χ1) is 30.4. The van der Waals surface area contributed by atoms with Gasteiger partial charge in [-0.2, -0.15) is 0 Å². The van der Waals surface area contributed by atoms with Crippen LogP contribution in [0.4, 0.5) is 0 Å². The maximum Gasteiger partial charge on any atom is 1.00 e. The van der Waals surface area contributed by atoms with E-state index in [0.29, 0.717) is 63.4 Å². The molecule has 0 radical (unpaired) electrons. The molecule has 1 aromatic carbocycles. The van der Waals surface area contributed by atoms with Crippen molar-refractivity contribution in [3.8, 4) is 0 Å². The topological polar surface area (TPSA) is 173 Å². The van der Waals surface area contributed by atoms with Crippen molar-refractivity contribution < 1.29 is 82.9 Å². The summed E-state index contributed by atoms with van der Waals surface area (Å²) in [4.78, 5) is 40.8. The van der Waals surface area contributed by atoms with Crippen LogP contribution in [0, 0.1) is 41.4 Å². The fraction of sp³-hybridized carbons (Fsp3) is 0.792. The summed E-state index contributed by atoms with van der Waals surface area (Å²) in [6.07, 6.45) is 6.24. The summed E-state index contributed by atoms with van der Waals surface area (Å²) in [5, 5.41) is 38.4. The molecule has 0 bridgehead atoms. The molecule has 0 unspecified atom stereocenters. The molecule has 5 aliphatic rings. The Morgan fingerprint density at radius 2 is 1.53 bits per heavy atom. The van der Waals surface area contributed by atoms with Crippen molar-refractivity contribution >= 4 is 17.7 Å². The van der Waals surface area contributed by atoms with Crippen LogP contribution in [0.25, 0.3) is 0 Å². The smallest absolute Gasteiger partial charge is 0.550 e. The van der Waals surface area contributed by atoms with Gasteiger partial charge in [-0.25, -0.2) is 0 Å². The molecular formula is C53H82NNaO11. The van der Waals surface area contributed by atoms with Crippen molar-refractivity contribution in [2.45, 2.75) is 225 Å². The van der Waals surface area contributed by atoms with Gasteiger partial charge in [0.05, 0.1) is 47.8 Å². The summed E-state index contributed by atoms with van der Waals surface area (Å²) in [6.45, 7) is 26.0. The molecule has 4 fully saturated rings. The van der Waals surface area contributed by atoms with Crippen LogP contribution in [0.15, 0.2) is 36.4 Å². The van der Waals surface area contributed by atoms with Crippen molar-refractivity contribution in [2.24, 2.45) is 41.4 Å². The van der Waals surface area contributed by atoms with Crippen molar-refractivity contribution in [1.82, 2.24) is 5.32 Å². The van der Waals surface area contributed by atoms with E-state index >= 15 is 0 Å². The largest absolute Gasteiger partial charge is 1.00 e. The molecule has 2 spiro atoms. The van der Waals surface area contributed by atoms with Crippen molar-refractivity contribution in [1.29, 1.82) is 0 Å². The zero-order valence-electron chi connectivity index (χ0n) is 42.7. The molecule has 12 nitrogen and oxygen atoms in total. The molecule has 1 aromatic rings. The first-order valence-corrected chi connectivity index (χ1v) is 25.0. The zero-order valence-corrected chi connectivity index (χ0v) is 44.7. The monoisotopic (exact) mass is 932 g/mol. The second-order valence-electron chi connectivity index (χ2n) is 22.2. The first kappa shape index (κ1) is 55.2. The molecule has 0 saturated carbocycles. The number of carbonyl (C=O) groups excluding carboxylic acids is 3. The summed E-state index contributed by atoms with van der Waals surface area (Å²) in [5.41, 5.74) is -0.169. The number of carboxylic acids is 1. The van der Waals surface area contributed by atoms with Gasteiger partial charge in [-0.1, -0.05) is 94.4 Å². The van der Waals surface area contributed by atoms with E-state index in [4.69, 9.17) is 23.7 Å². The van der Waals surface area contributed by atoms with Gasteiger partial charge in [-0.15, -0.1) is 0 Å². The number of benzene rings is 1. The maximum atomic E-state index is 14.7. The molecule has 5 heterocycles. The van der Waals surface area contributed by atoms with Crippen LogP contribution in [0.3, 0.4) is 0 Å². The quantitative estimate of drug-likeness (QED) is 0.176. The number of rotatable bonds is 14. The average Bonchev–Trinajstić information content (AvgIpc) is 3.60. The molecular weight excluding hydrogens is 850 g/mol. The number of ketones is 1. The fourth-order valence-electron chi connectivity index (χ4n) is 12.0. The number of carbonyl (C=O) groups is 3. The second-order valence-corrected chi connectivity index (χ2v) is 22.2. The van der Waals surface area contributed by atoms with E-state index < -0.39 is 89.0 Å². The fourth-order valence-corrected chi connectivity index (χ4v) is 12.0.